The number of aromatic nitrogens is 1. The van der Waals surface area contributed by atoms with Gasteiger partial charge in [-0.15, -0.1) is 24.0 Å². The summed E-state index contributed by atoms with van der Waals surface area (Å²) in [6, 6.07) is 11.3. The van der Waals surface area contributed by atoms with Crippen molar-refractivity contribution in [3.8, 4) is 11.6 Å². The molecule has 0 saturated heterocycles. The standard InChI is InChI=1S/C18H23ClN4O2.HI/c1-20-18(22-12-14-5-4-6-17(23-14)25-3)21-10-9-13-7-8-15(24-2)11-16(13)19;/h4-8,11H,9-10,12H2,1-3H3,(H2,20,21,22);1H. The van der Waals surface area contributed by atoms with E-state index in [9.17, 15) is 0 Å². The van der Waals surface area contributed by atoms with E-state index in [0.29, 0.717) is 30.0 Å². The molecule has 2 aromatic rings. The highest BCUT2D eigenvalue weighted by Crippen LogP contribution is 2.22. The molecule has 0 spiro atoms. The fraction of sp³-hybridized carbons (Fsp3) is 0.333. The molecule has 0 fully saturated rings. The molecule has 1 aromatic heterocycles. The molecule has 0 bridgehead atoms. The van der Waals surface area contributed by atoms with Crippen molar-refractivity contribution < 1.29 is 9.47 Å². The third-order valence-electron chi connectivity index (χ3n) is 3.60. The molecule has 2 N–H and O–H groups in total. The van der Waals surface area contributed by atoms with E-state index in [1.807, 2.05) is 36.4 Å². The number of guanidine groups is 1. The summed E-state index contributed by atoms with van der Waals surface area (Å²) in [7, 11) is 4.96. The predicted molar refractivity (Wildman–Crippen MR) is 116 cm³/mol. The van der Waals surface area contributed by atoms with Crippen LogP contribution in [0.15, 0.2) is 41.4 Å². The van der Waals surface area contributed by atoms with Gasteiger partial charge in [-0.2, -0.15) is 0 Å². The molecule has 2 rings (SSSR count). The van der Waals surface area contributed by atoms with E-state index in [-0.39, 0.29) is 24.0 Å². The van der Waals surface area contributed by atoms with Crippen LogP contribution in [0.5, 0.6) is 11.6 Å². The van der Waals surface area contributed by atoms with Crippen LogP contribution >= 0.6 is 35.6 Å². The minimum atomic E-state index is 0. The Morgan fingerprint density at radius 3 is 2.62 bits per heavy atom. The van der Waals surface area contributed by atoms with Gasteiger partial charge in [-0.3, -0.25) is 4.99 Å². The molecule has 6 nitrogen and oxygen atoms in total. The van der Waals surface area contributed by atoms with Crippen molar-refractivity contribution in [1.29, 1.82) is 0 Å². The number of nitrogens with one attached hydrogen (secondary N) is 2. The Balaban J connectivity index is 0.00000338. The van der Waals surface area contributed by atoms with Crippen LogP contribution in [0.3, 0.4) is 0 Å². The lowest BCUT2D eigenvalue weighted by Crippen LogP contribution is -2.38. The molecule has 0 aliphatic heterocycles. The smallest absolute Gasteiger partial charge is 0.213 e. The Bertz CT molecular complexity index is 728. The van der Waals surface area contributed by atoms with Crippen molar-refractivity contribution in [3.63, 3.8) is 0 Å². The van der Waals surface area contributed by atoms with Crippen LogP contribution in [0.4, 0.5) is 0 Å². The number of benzene rings is 1. The van der Waals surface area contributed by atoms with Gasteiger partial charge in [-0.1, -0.05) is 23.7 Å². The third kappa shape index (κ3) is 6.87. The van der Waals surface area contributed by atoms with Gasteiger partial charge in [0.15, 0.2) is 5.96 Å². The summed E-state index contributed by atoms with van der Waals surface area (Å²) < 4.78 is 10.3. The Kier molecular flexibility index (Phi) is 10.1. The predicted octanol–water partition coefficient (Wildman–Crippen LogP) is 3.28. The number of ether oxygens (including phenoxy) is 2. The maximum absolute atomic E-state index is 6.25. The van der Waals surface area contributed by atoms with Crippen LogP contribution < -0.4 is 20.1 Å². The van der Waals surface area contributed by atoms with E-state index in [4.69, 9.17) is 21.1 Å². The summed E-state index contributed by atoms with van der Waals surface area (Å²) in [4.78, 5) is 8.57. The number of halogens is 2. The Morgan fingerprint density at radius 2 is 1.96 bits per heavy atom. The molecule has 1 aromatic carbocycles. The highest BCUT2D eigenvalue weighted by molar-refractivity contribution is 14.0. The molecule has 1 heterocycles. The minimum Gasteiger partial charge on any atom is -0.497 e. The maximum Gasteiger partial charge on any atom is 0.213 e. The molecular weight excluding hydrogens is 467 g/mol. The number of nitrogens with zero attached hydrogens (tertiary/aromatic N) is 2. The molecular formula is C18H24ClIN4O2. The highest BCUT2D eigenvalue weighted by Gasteiger charge is 2.04. The highest BCUT2D eigenvalue weighted by atomic mass is 127. The lowest BCUT2D eigenvalue weighted by molar-refractivity contribution is 0.396. The molecule has 0 unspecified atom stereocenters. The van der Waals surface area contributed by atoms with Crippen molar-refractivity contribution in [2.75, 3.05) is 27.8 Å². The first-order valence-electron chi connectivity index (χ1n) is 7.93. The number of hydrogen-bond donors (Lipinski definition) is 2. The first kappa shape index (κ1) is 22.3. The summed E-state index contributed by atoms with van der Waals surface area (Å²) in [5.74, 6) is 2.05. The van der Waals surface area contributed by atoms with E-state index < -0.39 is 0 Å². The van der Waals surface area contributed by atoms with Gasteiger partial charge in [0.25, 0.3) is 0 Å². The molecule has 0 amide bonds. The van der Waals surface area contributed by atoms with Gasteiger partial charge in [-0.25, -0.2) is 4.98 Å². The summed E-state index contributed by atoms with van der Waals surface area (Å²) in [5, 5.41) is 7.19. The second-order valence-electron chi connectivity index (χ2n) is 5.23. The Hall–Kier alpha value is -1.74. The molecule has 0 radical (unpaired) electrons. The monoisotopic (exact) mass is 490 g/mol. The van der Waals surface area contributed by atoms with Crippen molar-refractivity contribution in [1.82, 2.24) is 15.6 Å². The van der Waals surface area contributed by atoms with Crippen LogP contribution in [0.25, 0.3) is 0 Å². The van der Waals surface area contributed by atoms with Crippen LogP contribution in [0, 0.1) is 0 Å². The van der Waals surface area contributed by atoms with Gasteiger partial charge in [0, 0.05) is 24.7 Å². The molecule has 142 valence electrons. The largest absolute Gasteiger partial charge is 0.497 e. The van der Waals surface area contributed by atoms with Crippen molar-refractivity contribution in [2.24, 2.45) is 4.99 Å². The van der Waals surface area contributed by atoms with Crippen LogP contribution in [0.1, 0.15) is 11.3 Å². The van der Waals surface area contributed by atoms with Gasteiger partial charge in [0.05, 0.1) is 26.5 Å². The van der Waals surface area contributed by atoms with E-state index >= 15 is 0 Å². The number of pyridine rings is 1. The average molecular weight is 491 g/mol. The van der Waals surface area contributed by atoms with E-state index in [0.717, 1.165) is 23.4 Å². The Labute approximate surface area is 176 Å². The van der Waals surface area contributed by atoms with Crippen LogP contribution in [-0.4, -0.2) is 38.8 Å². The lowest BCUT2D eigenvalue weighted by Gasteiger charge is -2.12. The summed E-state index contributed by atoms with van der Waals surface area (Å²) in [6.07, 6.45) is 0.779. The molecule has 0 aliphatic rings. The molecule has 0 saturated carbocycles. The summed E-state index contributed by atoms with van der Waals surface area (Å²) in [5.41, 5.74) is 1.93. The zero-order valence-electron chi connectivity index (χ0n) is 15.1. The van der Waals surface area contributed by atoms with E-state index in [1.165, 1.54) is 0 Å². The molecule has 8 heteroatoms. The first-order chi connectivity index (χ1) is 12.2. The normalized spacial score (nSPS) is 10.7. The zero-order valence-corrected chi connectivity index (χ0v) is 18.2. The zero-order chi connectivity index (χ0) is 18.1. The van der Waals surface area contributed by atoms with Crippen LogP contribution in [0.2, 0.25) is 5.02 Å². The van der Waals surface area contributed by atoms with Gasteiger partial charge in [-0.05, 0) is 30.2 Å². The van der Waals surface area contributed by atoms with Gasteiger partial charge >= 0.3 is 0 Å². The Morgan fingerprint density at radius 1 is 1.15 bits per heavy atom. The average Bonchev–Trinajstić information content (AvgIpc) is 2.65. The number of aliphatic imine (C=N–C) groups is 1. The van der Waals surface area contributed by atoms with Crippen LogP contribution in [-0.2, 0) is 13.0 Å². The van der Waals surface area contributed by atoms with E-state index in [2.05, 4.69) is 20.6 Å². The van der Waals surface area contributed by atoms with Crippen molar-refractivity contribution in [2.45, 2.75) is 13.0 Å². The first-order valence-corrected chi connectivity index (χ1v) is 8.31. The fourth-order valence-electron chi connectivity index (χ4n) is 2.24. The summed E-state index contributed by atoms with van der Waals surface area (Å²) >= 11 is 6.25. The van der Waals surface area contributed by atoms with Crippen molar-refractivity contribution >= 4 is 41.5 Å². The molecule has 0 aliphatic carbocycles. The fourth-order valence-corrected chi connectivity index (χ4v) is 2.50. The second kappa shape index (κ2) is 11.8. The topological polar surface area (TPSA) is 67.8 Å². The summed E-state index contributed by atoms with van der Waals surface area (Å²) in [6.45, 7) is 1.26. The molecule has 26 heavy (non-hydrogen) atoms. The number of methoxy groups -OCH3 is 2. The lowest BCUT2D eigenvalue weighted by atomic mass is 10.1. The second-order valence-corrected chi connectivity index (χ2v) is 5.64. The van der Waals surface area contributed by atoms with Gasteiger partial charge < -0.3 is 20.1 Å². The number of hydrogen-bond acceptors (Lipinski definition) is 4. The SMILES string of the molecule is CN=C(NCCc1ccc(OC)cc1Cl)NCc1cccc(OC)n1.I. The third-order valence-corrected chi connectivity index (χ3v) is 3.95. The number of rotatable bonds is 7. The van der Waals surface area contributed by atoms with Crippen molar-refractivity contribution in [3.05, 3.63) is 52.7 Å². The minimum absolute atomic E-state index is 0. The van der Waals surface area contributed by atoms with E-state index in [1.54, 1.807) is 21.3 Å². The maximum atomic E-state index is 6.25. The van der Waals surface area contributed by atoms with Gasteiger partial charge in [0.1, 0.15) is 5.75 Å². The molecule has 0 atom stereocenters. The van der Waals surface area contributed by atoms with Gasteiger partial charge in [0.2, 0.25) is 5.88 Å². The quantitative estimate of drug-likeness (QED) is 0.354.